The summed E-state index contributed by atoms with van der Waals surface area (Å²) in [5.74, 6) is -0.798. The van der Waals surface area contributed by atoms with Gasteiger partial charge in [0.05, 0.1) is 10.5 Å². The highest BCUT2D eigenvalue weighted by molar-refractivity contribution is 7.88. The number of alkyl halides is 3. The average Bonchev–Trinajstić information content (AvgIpc) is 3.02. The number of halogens is 4. The molecule has 0 atom stereocenters. The molecule has 2 rings (SSSR count). The Bertz CT molecular complexity index is 1070. The fraction of sp³-hybridized carbons (Fsp3) is 0.438. The minimum absolute atomic E-state index is 0.0199. The molecule has 2 aromatic rings. The van der Waals surface area contributed by atoms with Gasteiger partial charge in [-0.1, -0.05) is 11.6 Å². The zero-order chi connectivity index (χ0) is 23.6. The summed E-state index contributed by atoms with van der Waals surface area (Å²) in [4.78, 5) is 10.6. The molecule has 1 aromatic heterocycles. The molecule has 0 aliphatic heterocycles. The van der Waals surface area contributed by atoms with Gasteiger partial charge in [0.15, 0.2) is 11.4 Å². The minimum Gasteiger partial charge on any atom is -0.375 e. The molecule has 0 bridgehead atoms. The topological polar surface area (TPSA) is 114 Å². The molecule has 0 radical (unpaired) electrons. The van der Waals surface area contributed by atoms with E-state index >= 15 is 0 Å². The Kier molecular flexibility index (Phi) is 7.40. The molecular weight excluding hydrogens is 483 g/mol. The predicted octanol–water partition coefficient (Wildman–Crippen LogP) is 4.65. The van der Waals surface area contributed by atoms with Crippen molar-refractivity contribution >= 4 is 35.5 Å². The zero-order valence-electron chi connectivity index (χ0n) is 16.6. The first-order chi connectivity index (χ1) is 14.1. The van der Waals surface area contributed by atoms with Crippen LogP contribution < -0.4 is 4.18 Å². The summed E-state index contributed by atoms with van der Waals surface area (Å²) >= 11 is 5.90. The van der Waals surface area contributed by atoms with E-state index in [0.717, 1.165) is 35.1 Å². The van der Waals surface area contributed by atoms with Gasteiger partial charge in [-0.15, -0.1) is 14.1 Å². The first-order valence-corrected chi connectivity index (χ1v) is 14.2. The summed E-state index contributed by atoms with van der Waals surface area (Å²) in [5.41, 5.74) is -6.97. The summed E-state index contributed by atoms with van der Waals surface area (Å²) in [6, 6.07) is 3.80. The van der Waals surface area contributed by atoms with E-state index in [1.165, 1.54) is 0 Å². The van der Waals surface area contributed by atoms with Crippen LogP contribution in [0.2, 0.25) is 30.7 Å². The third kappa shape index (κ3) is 6.41. The molecule has 0 fully saturated rings. The van der Waals surface area contributed by atoms with E-state index in [0.29, 0.717) is 6.61 Å². The van der Waals surface area contributed by atoms with Crippen molar-refractivity contribution in [1.82, 2.24) is 9.78 Å². The maximum atomic E-state index is 12.8. The Morgan fingerprint density at radius 3 is 2.48 bits per heavy atom. The van der Waals surface area contributed by atoms with Crippen LogP contribution in [0.3, 0.4) is 0 Å². The molecule has 0 amide bonds. The van der Waals surface area contributed by atoms with Crippen LogP contribution >= 0.6 is 11.6 Å². The molecule has 0 aliphatic rings. The molecule has 0 unspecified atom stereocenters. The lowest BCUT2D eigenvalue weighted by Gasteiger charge is -2.26. The van der Waals surface area contributed by atoms with Gasteiger partial charge in [-0.2, -0.15) is 46.3 Å². The molecule has 0 saturated heterocycles. The summed E-state index contributed by atoms with van der Waals surface area (Å²) in [7, 11) is -7.45. The van der Waals surface area contributed by atoms with Crippen LogP contribution in [0.15, 0.2) is 24.4 Å². The molecule has 15 heteroatoms. The van der Waals surface area contributed by atoms with Crippen LogP contribution in [-0.2, 0) is 21.6 Å². The number of benzene rings is 1. The number of hydrogen-bond donors (Lipinski definition) is 0. The van der Waals surface area contributed by atoms with Gasteiger partial charge in [0.2, 0.25) is 0 Å². The molecular formula is C16H19ClF3N3O6SSi-. The van der Waals surface area contributed by atoms with E-state index in [9.17, 15) is 31.7 Å². The fourth-order valence-electron chi connectivity index (χ4n) is 2.34. The van der Waals surface area contributed by atoms with Crippen LogP contribution in [0.5, 0.6) is 5.75 Å². The van der Waals surface area contributed by atoms with Crippen LogP contribution in [0.1, 0.15) is 0 Å². The Morgan fingerprint density at radius 1 is 1.29 bits per heavy atom. The maximum Gasteiger partial charge on any atom is 0.534 e. The maximum absolute atomic E-state index is 12.8. The van der Waals surface area contributed by atoms with Crippen molar-refractivity contribution in [3.63, 3.8) is 0 Å². The second-order valence-electron chi connectivity index (χ2n) is 7.61. The Morgan fingerprint density at radius 2 is 1.94 bits per heavy atom. The monoisotopic (exact) mass is 501 g/mol. The quantitative estimate of drug-likeness (QED) is 0.123. The number of hydrogen-bond acceptors (Lipinski definition) is 7. The number of aromatic nitrogens is 2. The first kappa shape index (κ1) is 25.1. The standard InChI is InChI=1S/C16H19ClF3N3O6SSi/c1-31(2,3)7-6-28-10-22-15(13(9-21-22)23(24)25)12-8-11(17)4-5-14(12)29-30(26,27)16(18,19)20/h4-5,8-9H,6-7,10H2,1-3H3/q-1. The lowest BCUT2D eigenvalue weighted by Crippen LogP contribution is -2.28. The highest BCUT2D eigenvalue weighted by atomic mass is 35.5. The van der Waals surface area contributed by atoms with Crippen molar-refractivity contribution in [2.75, 3.05) is 6.61 Å². The van der Waals surface area contributed by atoms with Crippen molar-refractivity contribution < 1.29 is 35.4 Å². The van der Waals surface area contributed by atoms with Crippen molar-refractivity contribution in [2.45, 2.75) is 37.9 Å². The van der Waals surface area contributed by atoms with Gasteiger partial charge in [-0.05, 0) is 18.2 Å². The molecule has 0 saturated carbocycles. The summed E-state index contributed by atoms with van der Waals surface area (Å²) in [6.45, 7) is 6.45. The normalized spacial score (nSPS) is 12.7. The van der Waals surface area contributed by atoms with E-state index in [1.807, 2.05) is 0 Å². The van der Waals surface area contributed by atoms with Gasteiger partial charge < -0.3 is 8.92 Å². The summed E-state index contributed by atoms with van der Waals surface area (Å²) in [5, 5.41) is 15.3. The fourth-order valence-corrected chi connectivity index (χ4v) is 3.74. The van der Waals surface area contributed by atoms with E-state index < -0.39 is 40.1 Å². The lowest BCUT2D eigenvalue weighted by molar-refractivity contribution is -0.384. The second kappa shape index (κ2) is 9.14. The number of nitrogens with zero attached hydrogens (tertiary/aromatic N) is 3. The van der Waals surface area contributed by atoms with Crippen molar-refractivity contribution in [2.24, 2.45) is 0 Å². The SMILES string of the molecule is C[Si-](C)(C)CCOCn1ncc([N+](=O)[O-])c1-c1cc(Cl)ccc1OS(=O)(=O)C(F)(F)F. The van der Waals surface area contributed by atoms with Crippen LogP contribution in [-0.4, -0.2) is 43.3 Å². The van der Waals surface area contributed by atoms with E-state index in [2.05, 4.69) is 28.9 Å². The van der Waals surface area contributed by atoms with Crippen molar-refractivity contribution in [3.05, 3.63) is 39.5 Å². The minimum atomic E-state index is -6.03. The summed E-state index contributed by atoms with van der Waals surface area (Å²) < 4.78 is 72.1. The van der Waals surface area contributed by atoms with Gasteiger partial charge in [-0.25, -0.2) is 4.68 Å². The van der Waals surface area contributed by atoms with Gasteiger partial charge in [0, 0.05) is 11.6 Å². The molecule has 0 aliphatic carbocycles. The average molecular weight is 502 g/mol. The van der Waals surface area contributed by atoms with Crippen LogP contribution in [0.4, 0.5) is 18.9 Å². The highest BCUT2D eigenvalue weighted by Gasteiger charge is 2.49. The number of nitro groups is 1. The molecule has 31 heavy (non-hydrogen) atoms. The molecule has 1 heterocycles. The van der Waals surface area contributed by atoms with E-state index in [-0.39, 0.29) is 23.0 Å². The third-order valence-electron chi connectivity index (χ3n) is 3.91. The van der Waals surface area contributed by atoms with Crippen LogP contribution in [0.25, 0.3) is 11.3 Å². The van der Waals surface area contributed by atoms with E-state index in [4.69, 9.17) is 16.3 Å². The molecule has 0 spiro atoms. The van der Waals surface area contributed by atoms with Crippen molar-refractivity contribution in [3.8, 4) is 17.0 Å². The molecule has 0 N–H and O–H groups in total. The zero-order valence-corrected chi connectivity index (χ0v) is 19.2. The Hall–Kier alpha value is -2.16. The van der Waals surface area contributed by atoms with Gasteiger partial charge in [0.1, 0.15) is 12.9 Å². The Balaban J connectivity index is 2.50. The van der Waals surface area contributed by atoms with Crippen LogP contribution in [0, 0.1) is 10.1 Å². The smallest absolute Gasteiger partial charge is 0.375 e. The number of ether oxygens (including phenoxy) is 1. The lowest BCUT2D eigenvalue weighted by atomic mass is 10.1. The second-order valence-corrected chi connectivity index (χ2v) is 15.2. The molecule has 173 valence electrons. The van der Waals surface area contributed by atoms with E-state index in [1.54, 1.807) is 0 Å². The largest absolute Gasteiger partial charge is 0.534 e. The third-order valence-corrected chi connectivity index (χ3v) is 6.81. The predicted molar refractivity (Wildman–Crippen MR) is 109 cm³/mol. The first-order valence-electron chi connectivity index (χ1n) is 8.71. The Labute approximate surface area is 182 Å². The highest BCUT2D eigenvalue weighted by Crippen LogP contribution is 2.40. The number of rotatable bonds is 9. The van der Waals surface area contributed by atoms with Crippen molar-refractivity contribution in [1.29, 1.82) is 0 Å². The summed E-state index contributed by atoms with van der Waals surface area (Å²) in [6.07, 6.45) is 0.875. The van der Waals surface area contributed by atoms with Gasteiger partial charge >= 0.3 is 21.3 Å². The van der Waals surface area contributed by atoms with Gasteiger partial charge in [0.25, 0.3) is 0 Å². The van der Waals surface area contributed by atoms with Gasteiger partial charge in [-0.3, -0.25) is 10.1 Å². The molecule has 1 aromatic carbocycles. The molecule has 9 nitrogen and oxygen atoms in total.